The monoisotopic (exact) mass is 769 g/mol. The van der Waals surface area contributed by atoms with Gasteiger partial charge in [-0.2, -0.15) is 0 Å². The first kappa shape index (κ1) is 33.7. The van der Waals surface area contributed by atoms with E-state index >= 15 is 0 Å². The zero-order valence-electron chi connectivity index (χ0n) is 32.0. The Balaban J connectivity index is 1.07. The number of rotatable bonds is 6. The maximum Gasteiger partial charge on any atom is 0.145 e. The molecule has 59 heavy (non-hydrogen) atoms. The van der Waals surface area contributed by atoms with Crippen LogP contribution >= 0.6 is 11.3 Å². The molecule has 0 aliphatic heterocycles. The van der Waals surface area contributed by atoms with E-state index in [4.69, 9.17) is 4.42 Å². The number of hydrogen-bond acceptors (Lipinski definition) is 3. The van der Waals surface area contributed by atoms with Gasteiger partial charge >= 0.3 is 0 Å². The van der Waals surface area contributed by atoms with Crippen LogP contribution in [0.1, 0.15) is 0 Å². The molecule has 0 radical (unpaired) electrons. The van der Waals surface area contributed by atoms with Crippen LogP contribution in [-0.4, -0.2) is 0 Å². The van der Waals surface area contributed by atoms with Crippen LogP contribution in [0.3, 0.4) is 0 Å². The van der Waals surface area contributed by atoms with Crippen molar-refractivity contribution < 1.29 is 4.42 Å². The molecule has 0 unspecified atom stereocenters. The Morgan fingerprint density at radius 1 is 0.356 bits per heavy atom. The summed E-state index contributed by atoms with van der Waals surface area (Å²) in [5.41, 5.74) is 12.0. The largest absolute Gasteiger partial charge is 0.455 e. The lowest BCUT2D eigenvalue weighted by molar-refractivity contribution is 0.670. The molecule has 3 heteroatoms. The number of nitrogens with zero attached hydrogens (tertiary/aromatic N) is 1. The van der Waals surface area contributed by atoms with E-state index in [9.17, 15) is 0 Å². The Morgan fingerprint density at radius 3 is 1.71 bits per heavy atom. The molecule has 2 heterocycles. The molecule has 12 rings (SSSR count). The average molecular weight is 770 g/mol. The van der Waals surface area contributed by atoms with Gasteiger partial charge in [0.1, 0.15) is 11.2 Å². The van der Waals surface area contributed by atoms with E-state index in [2.05, 4.69) is 217 Å². The van der Waals surface area contributed by atoms with Gasteiger partial charge in [-0.1, -0.05) is 158 Å². The highest BCUT2D eigenvalue weighted by atomic mass is 32.1. The molecule has 2 nitrogen and oxygen atoms in total. The first-order valence-corrected chi connectivity index (χ1v) is 20.9. The number of anilines is 3. The minimum Gasteiger partial charge on any atom is -0.455 e. The van der Waals surface area contributed by atoms with Gasteiger partial charge in [0.25, 0.3) is 0 Å². The molecule has 0 atom stereocenters. The highest BCUT2D eigenvalue weighted by Crippen LogP contribution is 2.49. The van der Waals surface area contributed by atoms with Crippen LogP contribution in [0.2, 0.25) is 0 Å². The third-order valence-corrected chi connectivity index (χ3v) is 13.0. The van der Waals surface area contributed by atoms with Crippen LogP contribution < -0.4 is 4.90 Å². The molecule has 0 N–H and O–H groups in total. The quantitative estimate of drug-likeness (QED) is 0.157. The topological polar surface area (TPSA) is 16.4 Å². The van der Waals surface area contributed by atoms with Gasteiger partial charge in [0.15, 0.2) is 0 Å². The van der Waals surface area contributed by atoms with E-state index < -0.39 is 0 Å². The van der Waals surface area contributed by atoms with Crippen LogP contribution in [0.25, 0.3) is 97.0 Å². The number of para-hydroxylation sites is 1. The number of thiophene rings is 1. The fourth-order valence-electron chi connectivity index (χ4n) is 9.06. The third-order valence-electron chi connectivity index (χ3n) is 11.9. The van der Waals surface area contributed by atoms with Gasteiger partial charge in [0.05, 0.1) is 11.1 Å². The molecule has 0 saturated heterocycles. The second-order valence-corrected chi connectivity index (χ2v) is 16.3. The summed E-state index contributed by atoms with van der Waals surface area (Å²) >= 11 is 1.85. The predicted molar refractivity (Wildman–Crippen MR) is 253 cm³/mol. The Labute approximate surface area is 345 Å². The van der Waals surface area contributed by atoms with Crippen molar-refractivity contribution in [2.45, 2.75) is 0 Å². The van der Waals surface area contributed by atoms with Gasteiger partial charge in [-0.15, -0.1) is 11.3 Å². The maximum atomic E-state index is 6.97. The van der Waals surface area contributed by atoms with E-state index in [-0.39, 0.29) is 0 Å². The van der Waals surface area contributed by atoms with Gasteiger partial charge in [0, 0.05) is 42.5 Å². The average Bonchev–Trinajstić information content (AvgIpc) is 3.89. The third kappa shape index (κ3) is 5.55. The first-order chi connectivity index (χ1) is 29.2. The van der Waals surface area contributed by atoms with Crippen molar-refractivity contribution >= 4 is 92.1 Å². The van der Waals surface area contributed by atoms with Crippen molar-refractivity contribution in [1.82, 2.24) is 0 Å². The number of hydrogen-bond donors (Lipinski definition) is 0. The summed E-state index contributed by atoms with van der Waals surface area (Å²) in [6.45, 7) is 0. The molecule has 0 aliphatic rings. The Hall–Kier alpha value is -7.46. The van der Waals surface area contributed by atoms with Crippen molar-refractivity contribution in [2.75, 3.05) is 4.90 Å². The zero-order valence-corrected chi connectivity index (χ0v) is 32.8. The van der Waals surface area contributed by atoms with Gasteiger partial charge < -0.3 is 9.32 Å². The Kier molecular flexibility index (Phi) is 7.75. The lowest BCUT2D eigenvalue weighted by Gasteiger charge is -2.27. The molecule has 12 aromatic rings. The fraction of sp³-hybridized carbons (Fsp3) is 0. The van der Waals surface area contributed by atoms with Crippen molar-refractivity contribution in [3.63, 3.8) is 0 Å². The second-order valence-electron chi connectivity index (χ2n) is 15.2. The Morgan fingerprint density at radius 2 is 0.932 bits per heavy atom. The summed E-state index contributed by atoms with van der Waals surface area (Å²) in [5.74, 6) is 0. The second kappa shape index (κ2) is 13.6. The summed E-state index contributed by atoms with van der Waals surface area (Å²) in [6, 6.07) is 76.9. The summed E-state index contributed by atoms with van der Waals surface area (Å²) < 4.78 is 9.52. The van der Waals surface area contributed by atoms with Crippen molar-refractivity contribution in [2.24, 2.45) is 0 Å². The van der Waals surface area contributed by atoms with Gasteiger partial charge in [-0.3, -0.25) is 0 Å². The molecule has 0 amide bonds. The fourth-order valence-corrected chi connectivity index (χ4v) is 10.2. The van der Waals surface area contributed by atoms with Gasteiger partial charge in [-0.25, -0.2) is 0 Å². The number of benzene rings is 10. The van der Waals surface area contributed by atoms with Crippen molar-refractivity contribution in [3.8, 4) is 33.4 Å². The van der Waals surface area contributed by atoms with Gasteiger partial charge in [0.2, 0.25) is 0 Å². The van der Waals surface area contributed by atoms with Crippen molar-refractivity contribution in [3.05, 3.63) is 212 Å². The lowest BCUT2D eigenvalue weighted by atomic mass is 9.92. The van der Waals surface area contributed by atoms with E-state index in [1.807, 2.05) is 11.3 Å². The number of furan rings is 1. The minimum atomic E-state index is 0.871. The molecule has 0 fully saturated rings. The molecular formula is C56H35NOS. The molecular weight excluding hydrogens is 735 g/mol. The summed E-state index contributed by atoms with van der Waals surface area (Å²) in [6.07, 6.45) is 0. The summed E-state index contributed by atoms with van der Waals surface area (Å²) in [5, 5.41) is 9.66. The van der Waals surface area contributed by atoms with Crippen LogP contribution in [0.15, 0.2) is 217 Å². The molecule has 276 valence electrons. The molecule has 0 bridgehead atoms. The predicted octanol–water partition coefficient (Wildman–Crippen LogP) is 16.7. The van der Waals surface area contributed by atoms with Crippen molar-refractivity contribution in [1.29, 1.82) is 0 Å². The highest BCUT2D eigenvalue weighted by Gasteiger charge is 2.24. The summed E-state index contributed by atoms with van der Waals surface area (Å²) in [7, 11) is 0. The van der Waals surface area contributed by atoms with E-state index in [1.165, 1.54) is 64.0 Å². The van der Waals surface area contributed by atoms with Crippen LogP contribution in [-0.2, 0) is 0 Å². The lowest BCUT2D eigenvalue weighted by Crippen LogP contribution is -2.10. The molecule has 10 aromatic carbocycles. The first-order valence-electron chi connectivity index (χ1n) is 20.1. The van der Waals surface area contributed by atoms with Gasteiger partial charge in [-0.05, 0) is 104 Å². The van der Waals surface area contributed by atoms with E-state index in [0.29, 0.717) is 0 Å². The molecule has 0 spiro atoms. The Bertz CT molecular complexity index is 3540. The van der Waals surface area contributed by atoms with Crippen LogP contribution in [0.4, 0.5) is 17.1 Å². The number of fused-ring (bicyclic) bond motifs is 9. The smallest absolute Gasteiger partial charge is 0.145 e. The highest BCUT2D eigenvalue weighted by molar-refractivity contribution is 7.25. The van der Waals surface area contributed by atoms with E-state index in [1.54, 1.807) is 0 Å². The standard InChI is InChI=1S/C56H35NOS/c1-2-12-36(13-3-1)37-22-24-38(25-23-37)39-26-28-41(29-27-39)57(42-30-31-47-46-18-9-11-21-53(46)59-54(47)35-42)51-33-32-48(56-55(51)49-19-8-10-20-52(49)58-56)50-34-40-14-4-5-15-43(40)44-16-6-7-17-45(44)50/h1-35H. The SMILES string of the molecule is c1ccc(-c2ccc(-c3ccc(N(c4ccc5c(c4)sc4ccccc45)c4ccc(-c5cc6ccccc6c6ccccc56)c5oc6ccccc6c45)cc3)cc2)cc1. The molecule has 0 aliphatic carbocycles. The van der Waals surface area contributed by atoms with Crippen LogP contribution in [0, 0.1) is 0 Å². The summed E-state index contributed by atoms with van der Waals surface area (Å²) in [4.78, 5) is 2.42. The molecule has 0 saturated carbocycles. The van der Waals surface area contributed by atoms with Crippen LogP contribution in [0.5, 0.6) is 0 Å². The van der Waals surface area contributed by atoms with E-state index in [0.717, 1.165) is 50.1 Å². The minimum absolute atomic E-state index is 0.871. The normalized spacial score (nSPS) is 11.7. The molecule has 2 aromatic heterocycles. The maximum absolute atomic E-state index is 6.97. The zero-order chi connectivity index (χ0) is 38.9.